The number of nitrogens with two attached hydrogens (primary N) is 1. The highest BCUT2D eigenvalue weighted by Gasteiger charge is 2.39. The van der Waals surface area contributed by atoms with Crippen molar-refractivity contribution in [2.45, 2.75) is 64.5 Å². The molecular formula is C40H41ClFN3O3. The lowest BCUT2D eigenvalue weighted by atomic mass is 9.80. The normalized spacial score (nSPS) is 17.3. The Bertz CT molecular complexity index is 1820. The fourth-order valence-corrected chi connectivity index (χ4v) is 7.69. The smallest absolute Gasteiger partial charge is 0.254 e. The van der Waals surface area contributed by atoms with Gasteiger partial charge in [0.25, 0.3) is 5.91 Å². The summed E-state index contributed by atoms with van der Waals surface area (Å²) in [6.45, 7) is 2.21. The van der Waals surface area contributed by atoms with E-state index in [0.29, 0.717) is 24.3 Å². The third kappa shape index (κ3) is 7.02. The van der Waals surface area contributed by atoms with Gasteiger partial charge in [0.1, 0.15) is 11.9 Å². The molecule has 8 heteroatoms. The van der Waals surface area contributed by atoms with Crippen LogP contribution in [0.4, 0.5) is 10.1 Å². The molecule has 0 saturated heterocycles. The average molecular weight is 666 g/mol. The van der Waals surface area contributed by atoms with Crippen LogP contribution in [0.1, 0.15) is 69.0 Å². The van der Waals surface area contributed by atoms with E-state index in [-0.39, 0.29) is 23.4 Å². The molecule has 0 bridgehead atoms. The summed E-state index contributed by atoms with van der Waals surface area (Å²) < 4.78 is 13.9. The van der Waals surface area contributed by atoms with E-state index in [2.05, 4.69) is 5.32 Å². The predicted molar refractivity (Wildman–Crippen MR) is 188 cm³/mol. The maximum atomic E-state index is 14.8. The average Bonchev–Trinajstić information content (AvgIpc) is 3.59. The van der Waals surface area contributed by atoms with E-state index in [4.69, 9.17) is 17.3 Å². The maximum absolute atomic E-state index is 14.8. The van der Waals surface area contributed by atoms with Gasteiger partial charge in [-0.3, -0.25) is 14.4 Å². The van der Waals surface area contributed by atoms with Gasteiger partial charge >= 0.3 is 0 Å². The maximum Gasteiger partial charge on any atom is 0.254 e. The molecule has 3 N–H and O–H groups in total. The van der Waals surface area contributed by atoms with Crippen LogP contribution in [0.3, 0.4) is 0 Å². The van der Waals surface area contributed by atoms with Crippen molar-refractivity contribution in [3.63, 3.8) is 0 Å². The van der Waals surface area contributed by atoms with E-state index in [1.54, 1.807) is 17.0 Å². The number of hydrogen-bond donors (Lipinski definition) is 2. The van der Waals surface area contributed by atoms with E-state index < -0.39 is 29.6 Å². The molecule has 3 atom stereocenters. The fourth-order valence-electron chi connectivity index (χ4n) is 7.51. The van der Waals surface area contributed by atoms with E-state index >= 15 is 0 Å². The van der Waals surface area contributed by atoms with E-state index in [0.717, 1.165) is 65.6 Å². The standard InChI is InChI=1S/C40H41ClFN3O3/c1-2-10-32(38(43)46)33(22-25-11-3-4-12-25)39(47)44-37-31-17-6-5-15-29(31)30-16-7-8-18-36(30)45(40(37)48)24-26-13-9-14-27(21-26)28-19-20-35(42)34(41)23-28/h5-9,13-21,23,25,32-33,37H,2-4,10-12,22,24H2,1H3,(H2,43,46)(H,44,47)/t32?,33-,37-/m0/s1. The zero-order valence-corrected chi connectivity index (χ0v) is 27.9. The molecular weight excluding hydrogens is 625 g/mol. The van der Waals surface area contributed by atoms with Crippen molar-refractivity contribution >= 4 is 35.0 Å². The number of carbonyl (C=O) groups excluding carboxylic acids is 3. The molecule has 1 fully saturated rings. The van der Waals surface area contributed by atoms with Gasteiger partial charge in [0.15, 0.2) is 0 Å². The molecule has 1 unspecified atom stereocenters. The van der Waals surface area contributed by atoms with E-state index in [9.17, 15) is 18.8 Å². The molecule has 6 rings (SSSR count). The van der Waals surface area contributed by atoms with Crippen LogP contribution in [0, 0.1) is 23.6 Å². The molecule has 1 aliphatic carbocycles. The van der Waals surface area contributed by atoms with Gasteiger partial charge in [0.05, 0.1) is 17.3 Å². The zero-order valence-electron chi connectivity index (χ0n) is 27.1. The van der Waals surface area contributed by atoms with Crippen LogP contribution in [-0.4, -0.2) is 17.7 Å². The summed E-state index contributed by atoms with van der Waals surface area (Å²) in [5.41, 5.74) is 11.5. The number of nitrogens with zero attached hydrogens (tertiary/aromatic N) is 1. The molecule has 0 aromatic heterocycles. The number of halogens is 2. The molecule has 1 saturated carbocycles. The van der Waals surface area contributed by atoms with Crippen LogP contribution < -0.4 is 16.0 Å². The molecule has 0 spiro atoms. The van der Waals surface area contributed by atoms with Gasteiger partial charge in [-0.1, -0.05) is 117 Å². The van der Waals surface area contributed by atoms with Crippen molar-refractivity contribution in [1.82, 2.24) is 5.32 Å². The van der Waals surface area contributed by atoms with Crippen molar-refractivity contribution in [2.24, 2.45) is 23.5 Å². The van der Waals surface area contributed by atoms with Crippen molar-refractivity contribution in [3.8, 4) is 22.3 Å². The molecule has 1 aliphatic heterocycles. The van der Waals surface area contributed by atoms with Crippen LogP contribution >= 0.6 is 11.6 Å². The first-order valence-electron chi connectivity index (χ1n) is 16.9. The topological polar surface area (TPSA) is 92.5 Å². The fraction of sp³-hybridized carbons (Fsp3) is 0.325. The highest BCUT2D eigenvalue weighted by Crippen LogP contribution is 2.42. The number of carbonyl (C=O) groups is 3. The first-order valence-corrected chi connectivity index (χ1v) is 17.3. The highest BCUT2D eigenvalue weighted by atomic mass is 35.5. The minimum Gasteiger partial charge on any atom is -0.369 e. The van der Waals surface area contributed by atoms with Gasteiger partial charge in [-0.05, 0) is 70.8 Å². The van der Waals surface area contributed by atoms with Crippen LogP contribution in [0.25, 0.3) is 22.3 Å². The Morgan fingerprint density at radius 1 is 0.917 bits per heavy atom. The SMILES string of the molecule is CCCC(C(N)=O)[C@H](CC1CCCC1)C(=O)N[C@@H]1C(=O)N(Cc2cccc(-c3ccc(F)c(Cl)c3)c2)c2ccccc2-c2ccccc21. The number of anilines is 1. The molecule has 48 heavy (non-hydrogen) atoms. The molecule has 4 aromatic rings. The number of primary amides is 1. The van der Waals surface area contributed by atoms with Gasteiger partial charge in [0.2, 0.25) is 11.8 Å². The van der Waals surface area contributed by atoms with Crippen molar-refractivity contribution in [2.75, 3.05) is 4.90 Å². The third-order valence-corrected chi connectivity index (χ3v) is 10.2. The highest BCUT2D eigenvalue weighted by molar-refractivity contribution is 6.31. The molecule has 1 heterocycles. The molecule has 4 aromatic carbocycles. The lowest BCUT2D eigenvalue weighted by molar-refractivity contribution is -0.136. The van der Waals surface area contributed by atoms with Crippen molar-refractivity contribution in [3.05, 3.63) is 113 Å². The second-order valence-corrected chi connectivity index (χ2v) is 13.5. The summed E-state index contributed by atoms with van der Waals surface area (Å²) in [6.07, 6.45) is 6.10. The molecule has 6 nitrogen and oxygen atoms in total. The molecule has 0 radical (unpaired) electrons. The van der Waals surface area contributed by atoms with Gasteiger partial charge in [-0.2, -0.15) is 0 Å². The number of nitrogens with one attached hydrogen (secondary N) is 1. The number of para-hydroxylation sites is 1. The Hall–Kier alpha value is -4.49. The summed E-state index contributed by atoms with van der Waals surface area (Å²) in [5, 5.41) is 3.18. The summed E-state index contributed by atoms with van der Waals surface area (Å²) in [7, 11) is 0. The van der Waals surface area contributed by atoms with Gasteiger partial charge in [-0.15, -0.1) is 0 Å². The number of fused-ring (bicyclic) bond motifs is 3. The monoisotopic (exact) mass is 665 g/mol. The van der Waals surface area contributed by atoms with Crippen LogP contribution in [0.2, 0.25) is 5.02 Å². The number of hydrogen-bond acceptors (Lipinski definition) is 3. The Morgan fingerprint density at radius 3 is 2.35 bits per heavy atom. The summed E-state index contributed by atoms with van der Waals surface area (Å²) in [5.74, 6) is -2.43. The summed E-state index contributed by atoms with van der Waals surface area (Å²) >= 11 is 6.09. The number of amides is 3. The Morgan fingerprint density at radius 2 is 1.62 bits per heavy atom. The van der Waals surface area contributed by atoms with Crippen LogP contribution in [0.5, 0.6) is 0 Å². The van der Waals surface area contributed by atoms with Crippen molar-refractivity contribution in [1.29, 1.82) is 0 Å². The largest absolute Gasteiger partial charge is 0.369 e. The summed E-state index contributed by atoms with van der Waals surface area (Å²) in [4.78, 5) is 43.6. The first-order chi connectivity index (χ1) is 23.2. The lowest BCUT2D eigenvalue weighted by Crippen LogP contribution is -2.47. The predicted octanol–water partition coefficient (Wildman–Crippen LogP) is 8.62. The van der Waals surface area contributed by atoms with Gasteiger partial charge < -0.3 is 16.0 Å². The molecule has 248 valence electrons. The minimum atomic E-state index is -0.985. The second kappa shape index (κ2) is 14.7. The second-order valence-electron chi connectivity index (χ2n) is 13.1. The lowest BCUT2D eigenvalue weighted by Gasteiger charge is -2.30. The number of rotatable bonds is 11. The van der Waals surface area contributed by atoms with Crippen molar-refractivity contribution < 1.29 is 18.8 Å². The van der Waals surface area contributed by atoms with Crippen LogP contribution in [0.15, 0.2) is 91.0 Å². The Balaban J connectivity index is 1.38. The Labute approximate surface area is 286 Å². The number of benzene rings is 4. The molecule has 2 aliphatic rings. The van der Waals surface area contributed by atoms with Gasteiger partial charge in [0, 0.05) is 17.4 Å². The third-order valence-electron chi connectivity index (χ3n) is 9.93. The minimum absolute atomic E-state index is 0.0367. The van der Waals surface area contributed by atoms with Crippen LogP contribution in [-0.2, 0) is 20.9 Å². The Kier molecular flexibility index (Phi) is 10.3. The van der Waals surface area contributed by atoms with E-state index in [1.165, 1.54) is 6.07 Å². The quantitative estimate of drug-likeness (QED) is 0.168. The molecule has 3 amide bonds. The van der Waals surface area contributed by atoms with E-state index in [1.807, 2.05) is 79.7 Å². The van der Waals surface area contributed by atoms with Gasteiger partial charge in [-0.25, -0.2) is 4.39 Å². The first kappa shape index (κ1) is 33.4. The summed E-state index contributed by atoms with van der Waals surface area (Å²) in [6, 6.07) is 26.8. The zero-order chi connectivity index (χ0) is 33.8.